The van der Waals surface area contributed by atoms with Gasteiger partial charge in [0.1, 0.15) is 5.75 Å². The zero-order chi connectivity index (χ0) is 19.0. The molecule has 1 aromatic rings. The molecule has 0 amide bonds. The molecule has 5 rings (SSSR count). The van der Waals surface area contributed by atoms with E-state index >= 15 is 0 Å². The van der Waals surface area contributed by atoms with Gasteiger partial charge in [-0.05, 0) is 90.4 Å². The normalized spacial score (nSPS) is 47.7. The monoisotopic (exact) mass is 370 g/mol. The molecule has 4 aliphatic carbocycles. The summed E-state index contributed by atoms with van der Waals surface area (Å²) in [5.41, 5.74) is 2.34. The first-order valence-corrected chi connectivity index (χ1v) is 11.0. The molecule has 3 nitrogen and oxygen atoms in total. The topological polar surface area (TPSA) is 49.7 Å². The molecule has 0 saturated heterocycles. The Kier molecular flexibility index (Phi) is 3.98. The SMILES string of the molecule is CC[C@@H]1Cc2cc(OC)ccc2C2CC[C@@]3(C)C(C[C@H]4C[C@H](O)C[C@]43O)C21. The molecule has 27 heavy (non-hydrogen) atoms. The average Bonchev–Trinajstić information content (AvgIpc) is 3.07. The lowest BCUT2D eigenvalue weighted by atomic mass is 9.50. The number of methoxy groups -OCH3 is 1. The van der Waals surface area contributed by atoms with Crippen molar-refractivity contribution >= 4 is 0 Å². The summed E-state index contributed by atoms with van der Waals surface area (Å²) in [7, 11) is 1.75. The van der Waals surface area contributed by atoms with Crippen LogP contribution in [0.4, 0.5) is 0 Å². The van der Waals surface area contributed by atoms with Crippen molar-refractivity contribution in [3.63, 3.8) is 0 Å². The Morgan fingerprint density at radius 3 is 2.81 bits per heavy atom. The first-order chi connectivity index (χ1) is 12.9. The zero-order valence-corrected chi connectivity index (χ0v) is 16.9. The first-order valence-electron chi connectivity index (χ1n) is 11.0. The number of rotatable bonds is 2. The van der Waals surface area contributed by atoms with E-state index in [2.05, 4.69) is 32.0 Å². The van der Waals surface area contributed by atoms with E-state index in [1.807, 2.05) is 0 Å². The summed E-state index contributed by atoms with van der Waals surface area (Å²) < 4.78 is 5.49. The Hall–Kier alpha value is -1.06. The van der Waals surface area contributed by atoms with E-state index in [9.17, 15) is 10.2 Å². The molecule has 0 radical (unpaired) electrons. The van der Waals surface area contributed by atoms with E-state index in [-0.39, 0.29) is 17.4 Å². The Morgan fingerprint density at radius 2 is 2.07 bits per heavy atom. The molecule has 3 heteroatoms. The van der Waals surface area contributed by atoms with E-state index in [1.165, 1.54) is 24.0 Å². The maximum Gasteiger partial charge on any atom is 0.119 e. The Balaban J connectivity index is 1.55. The molecule has 0 aromatic heterocycles. The Morgan fingerprint density at radius 1 is 1.26 bits per heavy atom. The Labute approximate surface area is 163 Å². The predicted octanol–water partition coefficient (Wildman–Crippen LogP) is 4.30. The van der Waals surface area contributed by atoms with Gasteiger partial charge in [-0.25, -0.2) is 0 Å². The van der Waals surface area contributed by atoms with Gasteiger partial charge in [0.25, 0.3) is 0 Å². The van der Waals surface area contributed by atoms with Crippen molar-refractivity contribution in [2.24, 2.45) is 29.1 Å². The van der Waals surface area contributed by atoms with E-state index in [0.29, 0.717) is 30.1 Å². The molecule has 3 fully saturated rings. The van der Waals surface area contributed by atoms with Crippen molar-refractivity contribution in [1.29, 1.82) is 0 Å². The quantitative estimate of drug-likeness (QED) is 0.816. The molecule has 0 spiro atoms. The van der Waals surface area contributed by atoms with E-state index in [1.54, 1.807) is 7.11 Å². The highest BCUT2D eigenvalue weighted by Gasteiger charge is 2.68. The molecule has 8 atom stereocenters. The van der Waals surface area contributed by atoms with Crippen LogP contribution in [0.2, 0.25) is 0 Å². The van der Waals surface area contributed by atoms with Crippen molar-refractivity contribution in [3.05, 3.63) is 29.3 Å². The predicted molar refractivity (Wildman–Crippen MR) is 106 cm³/mol. The van der Waals surface area contributed by atoms with Gasteiger partial charge in [-0.15, -0.1) is 0 Å². The van der Waals surface area contributed by atoms with Gasteiger partial charge >= 0.3 is 0 Å². The minimum absolute atomic E-state index is 0.0340. The molecule has 4 aliphatic rings. The van der Waals surface area contributed by atoms with Gasteiger partial charge < -0.3 is 14.9 Å². The Bertz CT molecular complexity index is 745. The van der Waals surface area contributed by atoms with Crippen LogP contribution in [0.15, 0.2) is 18.2 Å². The van der Waals surface area contributed by atoms with Crippen LogP contribution in [0.5, 0.6) is 5.75 Å². The van der Waals surface area contributed by atoms with Crippen LogP contribution in [-0.2, 0) is 6.42 Å². The van der Waals surface area contributed by atoms with Crippen LogP contribution < -0.4 is 4.74 Å². The summed E-state index contributed by atoms with van der Waals surface area (Å²) >= 11 is 0. The van der Waals surface area contributed by atoms with Gasteiger partial charge in [0.2, 0.25) is 0 Å². The van der Waals surface area contributed by atoms with Crippen LogP contribution in [-0.4, -0.2) is 29.0 Å². The third-order valence-corrected chi connectivity index (χ3v) is 9.33. The summed E-state index contributed by atoms with van der Waals surface area (Å²) in [4.78, 5) is 0. The van der Waals surface area contributed by atoms with E-state index in [4.69, 9.17) is 4.74 Å². The highest BCUT2D eigenvalue weighted by atomic mass is 16.5. The molecule has 148 valence electrons. The van der Waals surface area contributed by atoms with E-state index < -0.39 is 5.60 Å². The average molecular weight is 371 g/mol. The maximum absolute atomic E-state index is 11.7. The number of fused-ring (bicyclic) bond motifs is 7. The first kappa shape index (κ1) is 18.0. The van der Waals surface area contributed by atoms with Crippen LogP contribution in [0, 0.1) is 29.1 Å². The second kappa shape index (κ2) is 5.97. The van der Waals surface area contributed by atoms with Crippen LogP contribution in [0.25, 0.3) is 0 Å². The molecular weight excluding hydrogens is 336 g/mol. The molecule has 2 N–H and O–H groups in total. The molecule has 1 aromatic carbocycles. The van der Waals surface area contributed by atoms with Gasteiger partial charge in [0.05, 0.1) is 18.8 Å². The van der Waals surface area contributed by atoms with Crippen molar-refractivity contribution in [1.82, 2.24) is 0 Å². The van der Waals surface area contributed by atoms with E-state index in [0.717, 1.165) is 31.4 Å². The molecule has 3 unspecified atom stereocenters. The minimum Gasteiger partial charge on any atom is -0.497 e. The lowest BCUT2D eigenvalue weighted by Crippen LogP contribution is -2.53. The van der Waals surface area contributed by atoms with Gasteiger partial charge in [-0.1, -0.05) is 26.3 Å². The highest BCUT2D eigenvalue weighted by molar-refractivity contribution is 5.41. The van der Waals surface area contributed by atoms with Gasteiger partial charge in [-0.3, -0.25) is 0 Å². The fraction of sp³-hybridized carbons (Fsp3) is 0.750. The summed E-state index contributed by atoms with van der Waals surface area (Å²) in [6.45, 7) is 4.69. The second-order valence-electron chi connectivity index (χ2n) is 10.1. The number of hydrogen-bond donors (Lipinski definition) is 2. The van der Waals surface area contributed by atoms with Gasteiger partial charge in [0.15, 0.2) is 0 Å². The van der Waals surface area contributed by atoms with Gasteiger partial charge in [0, 0.05) is 6.42 Å². The van der Waals surface area contributed by atoms with Crippen molar-refractivity contribution in [2.45, 2.75) is 76.4 Å². The van der Waals surface area contributed by atoms with Crippen molar-refractivity contribution in [3.8, 4) is 5.75 Å². The number of benzene rings is 1. The third-order valence-electron chi connectivity index (χ3n) is 9.33. The van der Waals surface area contributed by atoms with Gasteiger partial charge in [-0.2, -0.15) is 0 Å². The smallest absolute Gasteiger partial charge is 0.119 e. The standard InChI is InChI=1S/C24H34O3/c1-4-14-9-15-10-18(27-3)5-6-19(15)20-7-8-23(2)21(22(14)20)12-16-11-17(25)13-24(16,23)26/h5-6,10,14,16-17,20-22,25-26H,4,7-9,11-13H2,1-3H3/t14-,16-,17+,20?,21?,22?,23+,24+/m1/s1. The number of ether oxygens (including phenoxy) is 1. The molecule has 0 bridgehead atoms. The number of aliphatic hydroxyl groups is 2. The number of aliphatic hydroxyl groups excluding tert-OH is 1. The lowest BCUT2D eigenvalue weighted by molar-refractivity contribution is -0.122. The molecular formula is C24H34O3. The van der Waals surface area contributed by atoms with Crippen LogP contribution >= 0.6 is 0 Å². The minimum atomic E-state index is -0.652. The summed E-state index contributed by atoms with van der Waals surface area (Å²) in [6.07, 6.45) is 6.78. The molecule has 3 saturated carbocycles. The fourth-order valence-corrected chi connectivity index (χ4v) is 8.03. The molecule has 0 heterocycles. The third kappa shape index (κ3) is 2.28. The second-order valence-corrected chi connectivity index (χ2v) is 10.1. The summed E-state index contributed by atoms with van der Waals surface area (Å²) in [5, 5.41) is 21.9. The summed E-state index contributed by atoms with van der Waals surface area (Å²) in [5.74, 6) is 3.82. The van der Waals surface area contributed by atoms with Crippen molar-refractivity contribution < 1.29 is 14.9 Å². The van der Waals surface area contributed by atoms with Crippen LogP contribution in [0.3, 0.4) is 0 Å². The zero-order valence-electron chi connectivity index (χ0n) is 16.9. The number of hydrogen-bond acceptors (Lipinski definition) is 3. The lowest BCUT2D eigenvalue weighted by Gasteiger charge is -2.55. The van der Waals surface area contributed by atoms with Crippen molar-refractivity contribution in [2.75, 3.05) is 7.11 Å². The molecule has 0 aliphatic heterocycles. The summed E-state index contributed by atoms with van der Waals surface area (Å²) in [6, 6.07) is 6.70. The highest BCUT2D eigenvalue weighted by Crippen LogP contribution is 2.70. The fourth-order valence-electron chi connectivity index (χ4n) is 8.03. The van der Waals surface area contributed by atoms with Crippen LogP contribution in [0.1, 0.15) is 69.4 Å². The maximum atomic E-state index is 11.7. The largest absolute Gasteiger partial charge is 0.497 e.